The Kier molecular flexibility index (Phi) is 6.05. The van der Waals surface area contributed by atoms with Gasteiger partial charge in [0.15, 0.2) is 6.54 Å². The maximum atomic E-state index is 12.0. The van der Waals surface area contributed by atoms with Gasteiger partial charge in [0.25, 0.3) is 5.91 Å². The van der Waals surface area contributed by atoms with Crippen molar-refractivity contribution in [2.45, 2.75) is 38.6 Å². The van der Waals surface area contributed by atoms with Crippen molar-refractivity contribution in [1.82, 2.24) is 5.32 Å². The number of carbonyl (C=O) groups is 1. The Hall–Kier alpha value is -1.55. The zero-order valence-corrected chi connectivity index (χ0v) is 13.2. The van der Waals surface area contributed by atoms with Gasteiger partial charge >= 0.3 is 0 Å². The lowest BCUT2D eigenvalue weighted by molar-refractivity contribution is -0.921. The van der Waals surface area contributed by atoms with Crippen LogP contribution in [-0.4, -0.2) is 38.7 Å². The summed E-state index contributed by atoms with van der Waals surface area (Å²) in [5.41, 5.74) is 1.14. The Labute approximate surface area is 127 Å². The van der Waals surface area contributed by atoms with E-state index < -0.39 is 0 Å². The normalized spacial score (nSPS) is 21.8. The van der Waals surface area contributed by atoms with Crippen LogP contribution in [0.4, 0.5) is 0 Å². The maximum Gasteiger partial charge on any atom is 0.275 e. The van der Waals surface area contributed by atoms with Crippen LogP contribution in [0.5, 0.6) is 5.75 Å². The minimum Gasteiger partial charge on any atom is -0.496 e. The van der Waals surface area contributed by atoms with E-state index in [1.165, 1.54) is 24.2 Å². The summed E-state index contributed by atoms with van der Waals surface area (Å²) in [7, 11) is 1.68. The lowest BCUT2D eigenvalue weighted by atomic mass is 10.0. The summed E-state index contributed by atoms with van der Waals surface area (Å²) in [6.07, 6.45) is 4.60. The van der Waals surface area contributed by atoms with Crippen molar-refractivity contribution in [3.05, 3.63) is 29.8 Å². The molecule has 0 saturated carbocycles. The summed E-state index contributed by atoms with van der Waals surface area (Å²) in [6.45, 7) is 4.64. The molecule has 1 unspecified atom stereocenters. The molecule has 1 aromatic carbocycles. The van der Waals surface area contributed by atoms with Crippen LogP contribution in [0.3, 0.4) is 0 Å². The van der Waals surface area contributed by atoms with Crippen molar-refractivity contribution in [2.24, 2.45) is 0 Å². The number of methoxy groups -OCH3 is 1. The van der Waals surface area contributed by atoms with Gasteiger partial charge in [-0.25, -0.2) is 0 Å². The number of hydrogen-bond acceptors (Lipinski definition) is 2. The van der Waals surface area contributed by atoms with Gasteiger partial charge in [-0.1, -0.05) is 18.2 Å². The molecule has 1 saturated heterocycles. The van der Waals surface area contributed by atoms with Gasteiger partial charge < -0.3 is 15.0 Å². The van der Waals surface area contributed by atoms with Gasteiger partial charge in [0.1, 0.15) is 5.75 Å². The molecule has 1 aliphatic rings. The first kappa shape index (κ1) is 15.8. The molecule has 1 fully saturated rings. The van der Waals surface area contributed by atoms with E-state index in [4.69, 9.17) is 4.74 Å². The molecule has 0 aliphatic carbocycles. The zero-order chi connectivity index (χ0) is 15.1. The number of quaternary nitrogens is 1. The first-order valence-corrected chi connectivity index (χ1v) is 7.94. The smallest absolute Gasteiger partial charge is 0.275 e. The Bertz CT molecular complexity index is 462. The third-order valence-electron chi connectivity index (χ3n) is 4.38. The van der Waals surface area contributed by atoms with Gasteiger partial charge in [-0.05, 0) is 44.2 Å². The highest BCUT2D eigenvalue weighted by molar-refractivity contribution is 5.76. The molecular formula is C17H27N2O2+. The van der Waals surface area contributed by atoms with Crippen LogP contribution in [0, 0.1) is 0 Å². The second-order valence-electron chi connectivity index (χ2n) is 5.89. The van der Waals surface area contributed by atoms with Crippen LogP contribution in [0.1, 0.15) is 31.7 Å². The van der Waals surface area contributed by atoms with E-state index in [0.29, 0.717) is 19.1 Å². The largest absolute Gasteiger partial charge is 0.496 e. The summed E-state index contributed by atoms with van der Waals surface area (Å²) >= 11 is 0. The van der Waals surface area contributed by atoms with Gasteiger partial charge in [0.05, 0.1) is 19.7 Å². The molecule has 1 aromatic rings. The SMILES string of the molecule is COc1ccccc1CCNC(=O)C[NH+]1CCCC[C@H]1C. The second kappa shape index (κ2) is 8.03. The minimum absolute atomic E-state index is 0.161. The number of hydrogen-bond donors (Lipinski definition) is 2. The second-order valence-corrected chi connectivity index (χ2v) is 5.89. The van der Waals surface area contributed by atoms with E-state index in [0.717, 1.165) is 24.3 Å². The highest BCUT2D eigenvalue weighted by Crippen LogP contribution is 2.17. The Morgan fingerprint density at radius 3 is 2.95 bits per heavy atom. The molecule has 1 aliphatic heterocycles. The topological polar surface area (TPSA) is 42.8 Å². The molecular weight excluding hydrogens is 264 g/mol. The number of amides is 1. The molecule has 1 amide bonds. The highest BCUT2D eigenvalue weighted by atomic mass is 16.5. The average molecular weight is 291 g/mol. The molecule has 4 heteroatoms. The molecule has 2 N–H and O–H groups in total. The number of rotatable bonds is 6. The summed E-state index contributed by atoms with van der Waals surface area (Å²) in [6, 6.07) is 8.57. The zero-order valence-electron chi connectivity index (χ0n) is 13.2. The lowest BCUT2D eigenvalue weighted by Crippen LogP contribution is -3.17. The Balaban J connectivity index is 1.74. The molecule has 21 heavy (non-hydrogen) atoms. The maximum absolute atomic E-state index is 12.0. The van der Waals surface area contributed by atoms with Gasteiger partial charge in [-0.15, -0.1) is 0 Å². The Morgan fingerprint density at radius 2 is 2.19 bits per heavy atom. The van der Waals surface area contributed by atoms with Crippen molar-refractivity contribution in [2.75, 3.05) is 26.7 Å². The van der Waals surface area contributed by atoms with Crippen LogP contribution < -0.4 is 15.0 Å². The third-order valence-corrected chi connectivity index (χ3v) is 4.38. The molecule has 2 rings (SSSR count). The van der Waals surface area contributed by atoms with Gasteiger partial charge in [-0.2, -0.15) is 0 Å². The van der Waals surface area contributed by atoms with Gasteiger partial charge in [0, 0.05) is 6.54 Å². The van der Waals surface area contributed by atoms with E-state index in [2.05, 4.69) is 12.2 Å². The molecule has 2 atom stereocenters. The van der Waals surface area contributed by atoms with E-state index in [-0.39, 0.29) is 5.91 Å². The first-order chi connectivity index (χ1) is 10.2. The van der Waals surface area contributed by atoms with Crippen LogP contribution in [-0.2, 0) is 11.2 Å². The van der Waals surface area contributed by atoms with E-state index in [9.17, 15) is 4.79 Å². The molecule has 4 nitrogen and oxygen atoms in total. The predicted molar refractivity (Wildman–Crippen MR) is 83.7 cm³/mol. The van der Waals surface area contributed by atoms with Crippen molar-refractivity contribution >= 4 is 5.91 Å². The quantitative estimate of drug-likeness (QED) is 0.814. The van der Waals surface area contributed by atoms with Crippen molar-refractivity contribution < 1.29 is 14.4 Å². The minimum atomic E-state index is 0.161. The molecule has 1 heterocycles. The van der Waals surface area contributed by atoms with Crippen molar-refractivity contribution in [1.29, 1.82) is 0 Å². The van der Waals surface area contributed by atoms with Gasteiger partial charge in [0.2, 0.25) is 0 Å². The fraction of sp³-hybridized carbons (Fsp3) is 0.588. The molecule has 0 spiro atoms. The van der Waals surface area contributed by atoms with Crippen LogP contribution >= 0.6 is 0 Å². The first-order valence-electron chi connectivity index (χ1n) is 7.94. The van der Waals surface area contributed by atoms with E-state index >= 15 is 0 Å². The molecule has 0 aromatic heterocycles. The third kappa shape index (κ3) is 4.74. The van der Waals surface area contributed by atoms with Crippen molar-refractivity contribution in [3.63, 3.8) is 0 Å². The number of nitrogens with one attached hydrogen (secondary N) is 2. The number of piperidine rings is 1. The molecule has 0 bridgehead atoms. The number of para-hydroxylation sites is 1. The number of benzene rings is 1. The Morgan fingerprint density at radius 1 is 1.38 bits per heavy atom. The fourth-order valence-electron chi connectivity index (χ4n) is 3.03. The average Bonchev–Trinajstić information content (AvgIpc) is 2.50. The summed E-state index contributed by atoms with van der Waals surface area (Å²) < 4.78 is 5.32. The summed E-state index contributed by atoms with van der Waals surface area (Å²) in [5, 5.41) is 3.03. The van der Waals surface area contributed by atoms with E-state index in [1.807, 2.05) is 24.3 Å². The fourth-order valence-corrected chi connectivity index (χ4v) is 3.03. The molecule has 116 valence electrons. The van der Waals surface area contributed by atoms with E-state index in [1.54, 1.807) is 7.11 Å². The van der Waals surface area contributed by atoms with Crippen LogP contribution in [0.2, 0.25) is 0 Å². The van der Waals surface area contributed by atoms with Crippen molar-refractivity contribution in [3.8, 4) is 5.75 Å². The summed E-state index contributed by atoms with van der Waals surface area (Å²) in [4.78, 5) is 13.5. The predicted octanol–water partition coefficient (Wildman–Crippen LogP) is 0.811. The summed E-state index contributed by atoms with van der Waals surface area (Å²) in [5.74, 6) is 1.05. The highest BCUT2D eigenvalue weighted by Gasteiger charge is 2.23. The number of likely N-dealkylation sites (tertiary alicyclic amines) is 1. The molecule has 0 radical (unpaired) electrons. The lowest BCUT2D eigenvalue weighted by Gasteiger charge is -2.29. The van der Waals surface area contributed by atoms with Gasteiger partial charge in [-0.3, -0.25) is 4.79 Å². The monoisotopic (exact) mass is 291 g/mol. The number of ether oxygens (including phenoxy) is 1. The number of carbonyl (C=O) groups excluding carboxylic acids is 1. The van der Waals surface area contributed by atoms with Crippen LogP contribution in [0.25, 0.3) is 0 Å². The van der Waals surface area contributed by atoms with Crippen LogP contribution in [0.15, 0.2) is 24.3 Å². The standard InChI is InChI=1S/C17H26N2O2/c1-14-7-5-6-12-19(14)13-17(20)18-11-10-15-8-3-4-9-16(15)21-2/h3-4,8-9,14H,5-7,10-13H2,1-2H3,(H,18,20)/p+1/t14-/m1/s1.